The summed E-state index contributed by atoms with van der Waals surface area (Å²) in [4.78, 5) is 0. The summed E-state index contributed by atoms with van der Waals surface area (Å²) in [5, 5.41) is 12.6. The third-order valence-corrected chi connectivity index (χ3v) is 3.06. The number of nitriles is 1. The van der Waals surface area contributed by atoms with Crippen molar-refractivity contribution in [3.8, 4) is 6.07 Å². The second-order valence-corrected chi connectivity index (χ2v) is 4.34. The Morgan fingerprint density at radius 1 is 1.11 bits per heavy atom. The van der Waals surface area contributed by atoms with Crippen molar-refractivity contribution < 1.29 is 4.39 Å². The highest BCUT2D eigenvalue weighted by atomic mass is 35.5. The molecule has 2 aromatic carbocycles. The van der Waals surface area contributed by atoms with E-state index in [2.05, 4.69) is 5.32 Å². The van der Waals surface area contributed by atoms with Crippen LogP contribution in [0.2, 0.25) is 10.0 Å². The van der Waals surface area contributed by atoms with Gasteiger partial charge in [0.15, 0.2) is 0 Å². The highest BCUT2D eigenvalue weighted by Gasteiger charge is 2.08. The Bertz CT molecular complexity index is 635. The van der Waals surface area contributed by atoms with Crippen LogP contribution in [0.15, 0.2) is 36.4 Å². The molecule has 1 N–H and O–H groups in total. The monoisotopic (exact) mass is 280 g/mol. The molecule has 18 heavy (non-hydrogen) atoms. The first-order chi connectivity index (χ1) is 8.61. The first-order valence-corrected chi connectivity index (χ1v) is 5.78. The number of rotatable bonds is 2. The van der Waals surface area contributed by atoms with Crippen molar-refractivity contribution in [1.29, 1.82) is 5.26 Å². The molecule has 0 heterocycles. The average molecular weight is 281 g/mol. The molecule has 0 spiro atoms. The fourth-order valence-electron chi connectivity index (χ4n) is 1.47. The molecule has 2 nitrogen and oxygen atoms in total. The minimum Gasteiger partial charge on any atom is -0.354 e. The van der Waals surface area contributed by atoms with Crippen molar-refractivity contribution in [2.75, 3.05) is 5.32 Å². The predicted molar refractivity (Wildman–Crippen MR) is 70.9 cm³/mol. The summed E-state index contributed by atoms with van der Waals surface area (Å²) in [7, 11) is 0. The molecule has 0 aliphatic carbocycles. The number of hydrogen-bond donors (Lipinski definition) is 1. The summed E-state index contributed by atoms with van der Waals surface area (Å²) in [5.74, 6) is -0.567. The highest BCUT2D eigenvalue weighted by Crippen LogP contribution is 2.28. The molecule has 0 aromatic heterocycles. The second-order valence-electron chi connectivity index (χ2n) is 3.53. The van der Waals surface area contributed by atoms with Gasteiger partial charge < -0.3 is 5.32 Å². The Kier molecular flexibility index (Phi) is 3.71. The van der Waals surface area contributed by atoms with Gasteiger partial charge in [-0.05, 0) is 30.3 Å². The van der Waals surface area contributed by atoms with Crippen LogP contribution in [0, 0.1) is 17.1 Å². The van der Waals surface area contributed by atoms with Crippen LogP contribution in [0.25, 0.3) is 0 Å². The van der Waals surface area contributed by atoms with Crippen LogP contribution in [0.1, 0.15) is 5.56 Å². The lowest BCUT2D eigenvalue weighted by Gasteiger charge is -2.09. The van der Waals surface area contributed by atoms with Crippen molar-refractivity contribution >= 4 is 34.6 Å². The van der Waals surface area contributed by atoms with Crippen LogP contribution in [-0.2, 0) is 0 Å². The molecule has 0 saturated carbocycles. The van der Waals surface area contributed by atoms with Gasteiger partial charge in [-0.25, -0.2) is 4.39 Å². The van der Waals surface area contributed by atoms with Gasteiger partial charge in [0.2, 0.25) is 0 Å². The van der Waals surface area contributed by atoms with Crippen molar-refractivity contribution in [2.24, 2.45) is 0 Å². The van der Waals surface area contributed by atoms with Gasteiger partial charge in [0.25, 0.3) is 0 Å². The van der Waals surface area contributed by atoms with Crippen LogP contribution in [0.5, 0.6) is 0 Å². The molecular formula is C13H7Cl2FN2. The van der Waals surface area contributed by atoms with E-state index in [4.69, 9.17) is 28.5 Å². The lowest BCUT2D eigenvalue weighted by molar-refractivity contribution is 0.624. The Hall–Kier alpha value is -1.76. The maximum atomic E-state index is 13.4. The smallest absolute Gasteiger partial charge is 0.143 e. The predicted octanol–water partition coefficient (Wildman–Crippen LogP) is 4.75. The standard InChI is InChI=1S/C13H7Cl2FN2/c14-10-5-4-8(6-11(10)15)18-13-3-1-2-12(16)9(13)7-17/h1-6,18H. The maximum absolute atomic E-state index is 13.4. The lowest BCUT2D eigenvalue weighted by Crippen LogP contribution is -1.95. The Labute approximate surface area is 114 Å². The van der Waals surface area contributed by atoms with E-state index >= 15 is 0 Å². The van der Waals surface area contributed by atoms with Gasteiger partial charge in [0, 0.05) is 5.69 Å². The largest absolute Gasteiger partial charge is 0.354 e. The normalized spacial score (nSPS) is 9.89. The molecular weight excluding hydrogens is 274 g/mol. The van der Waals surface area contributed by atoms with Crippen LogP contribution in [0.3, 0.4) is 0 Å². The molecule has 0 aliphatic rings. The molecule has 0 aliphatic heterocycles. The van der Waals surface area contributed by atoms with E-state index in [1.807, 2.05) is 6.07 Å². The number of halogens is 3. The zero-order valence-corrected chi connectivity index (χ0v) is 10.6. The first kappa shape index (κ1) is 12.7. The van der Waals surface area contributed by atoms with Crippen molar-refractivity contribution in [3.05, 3.63) is 57.8 Å². The van der Waals surface area contributed by atoms with Crippen LogP contribution >= 0.6 is 23.2 Å². The molecule has 5 heteroatoms. The third kappa shape index (κ3) is 2.56. The van der Waals surface area contributed by atoms with Gasteiger partial charge in [-0.2, -0.15) is 5.26 Å². The molecule has 0 bridgehead atoms. The van der Waals surface area contributed by atoms with Gasteiger partial charge in [-0.1, -0.05) is 29.3 Å². The molecule has 0 saturated heterocycles. The molecule has 2 rings (SSSR count). The number of nitrogens with one attached hydrogen (secondary N) is 1. The van der Waals surface area contributed by atoms with Gasteiger partial charge in [0.05, 0.1) is 15.7 Å². The average Bonchev–Trinajstić information content (AvgIpc) is 2.34. The van der Waals surface area contributed by atoms with Crippen molar-refractivity contribution in [1.82, 2.24) is 0 Å². The van der Waals surface area contributed by atoms with E-state index in [9.17, 15) is 4.39 Å². The summed E-state index contributed by atoms with van der Waals surface area (Å²) >= 11 is 11.7. The van der Waals surface area contributed by atoms with E-state index in [-0.39, 0.29) is 5.56 Å². The van der Waals surface area contributed by atoms with Crippen LogP contribution < -0.4 is 5.32 Å². The fourth-order valence-corrected chi connectivity index (χ4v) is 1.77. The lowest BCUT2D eigenvalue weighted by atomic mass is 10.1. The minimum atomic E-state index is -0.567. The van der Waals surface area contributed by atoms with Gasteiger partial charge in [-0.15, -0.1) is 0 Å². The summed E-state index contributed by atoms with van der Waals surface area (Å²) in [6.07, 6.45) is 0. The van der Waals surface area contributed by atoms with Gasteiger partial charge >= 0.3 is 0 Å². The zero-order chi connectivity index (χ0) is 13.1. The molecule has 0 amide bonds. The summed E-state index contributed by atoms with van der Waals surface area (Å²) in [6, 6.07) is 11.1. The topological polar surface area (TPSA) is 35.8 Å². The van der Waals surface area contributed by atoms with E-state index in [0.717, 1.165) is 0 Å². The molecule has 0 fully saturated rings. The first-order valence-electron chi connectivity index (χ1n) is 5.02. The van der Waals surface area contributed by atoms with E-state index in [1.165, 1.54) is 12.1 Å². The quantitative estimate of drug-likeness (QED) is 0.862. The second kappa shape index (κ2) is 5.26. The van der Waals surface area contributed by atoms with Gasteiger partial charge in [0.1, 0.15) is 17.4 Å². The zero-order valence-electron chi connectivity index (χ0n) is 9.05. The molecule has 0 radical (unpaired) electrons. The molecule has 0 unspecified atom stereocenters. The fraction of sp³-hybridized carbons (Fsp3) is 0. The van der Waals surface area contributed by atoms with E-state index < -0.39 is 5.82 Å². The van der Waals surface area contributed by atoms with Crippen molar-refractivity contribution in [2.45, 2.75) is 0 Å². The number of nitrogens with zero attached hydrogens (tertiary/aromatic N) is 1. The SMILES string of the molecule is N#Cc1c(F)cccc1Nc1ccc(Cl)c(Cl)c1. The summed E-state index contributed by atoms with van der Waals surface area (Å²) < 4.78 is 13.4. The highest BCUT2D eigenvalue weighted by molar-refractivity contribution is 6.42. The number of benzene rings is 2. The Morgan fingerprint density at radius 2 is 1.89 bits per heavy atom. The van der Waals surface area contributed by atoms with Gasteiger partial charge in [-0.3, -0.25) is 0 Å². The van der Waals surface area contributed by atoms with Crippen molar-refractivity contribution in [3.63, 3.8) is 0 Å². The molecule has 0 atom stereocenters. The van der Waals surface area contributed by atoms with E-state index in [1.54, 1.807) is 24.3 Å². The molecule has 2 aromatic rings. The number of anilines is 2. The van der Waals surface area contributed by atoms with Crippen LogP contribution in [0.4, 0.5) is 15.8 Å². The summed E-state index contributed by atoms with van der Waals surface area (Å²) in [5.41, 5.74) is 0.978. The molecule has 90 valence electrons. The third-order valence-electron chi connectivity index (χ3n) is 2.32. The summed E-state index contributed by atoms with van der Waals surface area (Å²) in [6.45, 7) is 0. The maximum Gasteiger partial charge on any atom is 0.143 e. The number of hydrogen-bond acceptors (Lipinski definition) is 2. The van der Waals surface area contributed by atoms with E-state index in [0.29, 0.717) is 21.4 Å². The minimum absolute atomic E-state index is 0.0384. The Balaban J connectivity index is 2.37. The van der Waals surface area contributed by atoms with Crippen LogP contribution in [-0.4, -0.2) is 0 Å². The Morgan fingerprint density at radius 3 is 2.56 bits per heavy atom.